The van der Waals surface area contributed by atoms with Gasteiger partial charge in [-0.25, -0.2) is 9.98 Å². The highest BCUT2D eigenvalue weighted by molar-refractivity contribution is 8.38. The predicted molar refractivity (Wildman–Crippen MR) is 97.3 cm³/mol. The summed E-state index contributed by atoms with van der Waals surface area (Å²) in [6.45, 7) is 5.74. The molecule has 0 spiro atoms. The molecule has 1 aromatic carbocycles. The van der Waals surface area contributed by atoms with Gasteiger partial charge in [0.2, 0.25) is 11.0 Å². The molecule has 1 heterocycles. The zero-order valence-electron chi connectivity index (χ0n) is 12.2. The van der Waals surface area contributed by atoms with Crippen LogP contribution < -0.4 is 5.32 Å². The third kappa shape index (κ3) is 4.72. The van der Waals surface area contributed by atoms with E-state index in [0.29, 0.717) is 0 Å². The van der Waals surface area contributed by atoms with E-state index < -0.39 is 0 Å². The van der Waals surface area contributed by atoms with E-state index in [2.05, 4.69) is 29.1 Å². The van der Waals surface area contributed by atoms with Crippen LogP contribution in [0.1, 0.15) is 20.8 Å². The predicted octanol–water partition coefficient (Wildman–Crippen LogP) is 4.75. The number of aliphatic imine (C=N–C) groups is 1. The van der Waals surface area contributed by atoms with E-state index in [9.17, 15) is 4.79 Å². The van der Waals surface area contributed by atoms with Gasteiger partial charge >= 0.3 is 0 Å². The largest absolute Gasteiger partial charge is 0.326 e. The Balaban J connectivity index is 2.29. The Morgan fingerprint density at radius 2 is 2.05 bits per heavy atom. The monoisotopic (exact) mass is 339 g/mol. The molecule has 0 aliphatic rings. The van der Waals surface area contributed by atoms with Gasteiger partial charge in [0, 0.05) is 12.6 Å². The standard InChI is InChI=1S/C14H17N3OS3/c1-4-19-14(20-5-2)17-13-16-11-7-6-10(15-9(3)18)8-12(11)21-13/h6-8H,4-5H2,1-3H3,(H,15,18). The highest BCUT2D eigenvalue weighted by Crippen LogP contribution is 2.32. The van der Waals surface area contributed by atoms with E-state index in [1.165, 1.54) is 6.92 Å². The van der Waals surface area contributed by atoms with Crippen LogP contribution in [0.25, 0.3) is 10.2 Å². The van der Waals surface area contributed by atoms with Crippen molar-refractivity contribution in [3.8, 4) is 0 Å². The Morgan fingerprint density at radius 3 is 2.67 bits per heavy atom. The van der Waals surface area contributed by atoms with Gasteiger partial charge in [-0.1, -0.05) is 48.7 Å². The second kappa shape index (κ2) is 7.82. The second-order valence-electron chi connectivity index (χ2n) is 4.10. The van der Waals surface area contributed by atoms with Crippen molar-refractivity contribution in [2.45, 2.75) is 20.8 Å². The minimum atomic E-state index is -0.0712. The molecule has 21 heavy (non-hydrogen) atoms. The Bertz CT molecular complexity index is 659. The van der Waals surface area contributed by atoms with Crippen LogP contribution in [-0.4, -0.2) is 26.8 Å². The molecule has 0 radical (unpaired) electrons. The minimum Gasteiger partial charge on any atom is -0.326 e. The molecule has 0 bridgehead atoms. The third-order valence-electron chi connectivity index (χ3n) is 2.42. The topological polar surface area (TPSA) is 54.4 Å². The first-order valence-electron chi connectivity index (χ1n) is 6.64. The lowest BCUT2D eigenvalue weighted by Gasteiger charge is -1.99. The smallest absolute Gasteiger partial charge is 0.221 e. The lowest BCUT2D eigenvalue weighted by molar-refractivity contribution is -0.114. The number of benzene rings is 1. The van der Waals surface area contributed by atoms with E-state index in [1.54, 1.807) is 34.9 Å². The second-order valence-corrected chi connectivity index (χ2v) is 7.88. The first kappa shape index (κ1) is 16.3. The Hall–Kier alpha value is -1.05. The first-order valence-corrected chi connectivity index (χ1v) is 9.43. The van der Waals surface area contributed by atoms with Gasteiger partial charge < -0.3 is 5.32 Å². The third-order valence-corrected chi connectivity index (χ3v) is 5.29. The number of fused-ring (bicyclic) bond motifs is 1. The summed E-state index contributed by atoms with van der Waals surface area (Å²) >= 11 is 5.02. The number of thiazole rings is 1. The highest BCUT2D eigenvalue weighted by Gasteiger charge is 2.07. The van der Waals surface area contributed by atoms with E-state index in [1.807, 2.05) is 18.2 Å². The van der Waals surface area contributed by atoms with Crippen molar-refractivity contribution >= 4 is 66.2 Å². The molecule has 2 aromatic rings. The molecule has 2 rings (SSSR count). The van der Waals surface area contributed by atoms with Crippen molar-refractivity contribution in [3.05, 3.63) is 18.2 Å². The van der Waals surface area contributed by atoms with Gasteiger partial charge in [-0.15, -0.1) is 0 Å². The summed E-state index contributed by atoms with van der Waals surface area (Å²) in [4.78, 5) is 20.3. The highest BCUT2D eigenvalue weighted by atomic mass is 32.2. The summed E-state index contributed by atoms with van der Waals surface area (Å²) in [6, 6.07) is 5.71. The fourth-order valence-electron chi connectivity index (χ4n) is 1.67. The van der Waals surface area contributed by atoms with Crippen LogP contribution in [0.2, 0.25) is 0 Å². The number of carbonyl (C=O) groups is 1. The van der Waals surface area contributed by atoms with Gasteiger partial charge in [0.05, 0.1) is 10.2 Å². The van der Waals surface area contributed by atoms with Crippen molar-refractivity contribution in [1.29, 1.82) is 0 Å². The van der Waals surface area contributed by atoms with Crippen molar-refractivity contribution in [2.75, 3.05) is 16.8 Å². The number of nitrogens with zero attached hydrogens (tertiary/aromatic N) is 2. The van der Waals surface area contributed by atoms with Crippen LogP contribution in [0.3, 0.4) is 0 Å². The van der Waals surface area contributed by atoms with Crippen molar-refractivity contribution in [3.63, 3.8) is 0 Å². The molecule has 112 valence electrons. The molecule has 0 unspecified atom stereocenters. The maximum Gasteiger partial charge on any atom is 0.221 e. The first-order chi connectivity index (χ1) is 10.1. The number of hydrogen-bond donors (Lipinski definition) is 1. The number of carbonyl (C=O) groups excluding carboxylic acids is 1. The molecule has 0 saturated carbocycles. The lowest BCUT2D eigenvalue weighted by Crippen LogP contribution is -2.05. The van der Waals surface area contributed by atoms with Gasteiger partial charge in [0.25, 0.3) is 0 Å². The molecule has 0 atom stereocenters. The number of rotatable bonds is 4. The van der Waals surface area contributed by atoms with Crippen molar-refractivity contribution < 1.29 is 4.79 Å². The van der Waals surface area contributed by atoms with Crippen molar-refractivity contribution in [2.24, 2.45) is 4.99 Å². The number of thioether (sulfide) groups is 2. The molecule has 0 fully saturated rings. The molecule has 1 aromatic heterocycles. The summed E-state index contributed by atoms with van der Waals surface area (Å²) in [5.41, 5.74) is 1.70. The summed E-state index contributed by atoms with van der Waals surface area (Å²) in [6.07, 6.45) is 0. The molecule has 0 saturated heterocycles. The maximum atomic E-state index is 11.1. The van der Waals surface area contributed by atoms with Gasteiger partial charge in [-0.05, 0) is 29.7 Å². The molecule has 1 N–H and O–H groups in total. The summed E-state index contributed by atoms with van der Waals surface area (Å²) in [7, 11) is 0. The van der Waals surface area contributed by atoms with Crippen molar-refractivity contribution in [1.82, 2.24) is 4.98 Å². The molecular formula is C14H17N3OS3. The molecular weight excluding hydrogens is 322 g/mol. The van der Waals surface area contributed by atoms with Crippen LogP contribution in [0, 0.1) is 0 Å². The zero-order chi connectivity index (χ0) is 15.2. The van der Waals surface area contributed by atoms with E-state index in [-0.39, 0.29) is 5.91 Å². The Kier molecular flexibility index (Phi) is 6.08. The van der Waals surface area contributed by atoms with Crippen LogP contribution in [0.5, 0.6) is 0 Å². The minimum absolute atomic E-state index is 0.0712. The summed E-state index contributed by atoms with van der Waals surface area (Å²) in [5.74, 6) is 1.94. The molecule has 0 aliphatic heterocycles. The van der Waals surface area contributed by atoms with Crippen LogP contribution in [-0.2, 0) is 4.79 Å². The number of anilines is 1. The van der Waals surface area contributed by atoms with Crippen LogP contribution in [0.4, 0.5) is 10.8 Å². The Labute approximate surface area is 136 Å². The Morgan fingerprint density at radius 1 is 1.33 bits per heavy atom. The number of hydrogen-bond acceptors (Lipinski definition) is 6. The summed E-state index contributed by atoms with van der Waals surface area (Å²) < 4.78 is 2.09. The quantitative estimate of drug-likeness (QED) is 0.645. The van der Waals surface area contributed by atoms with Gasteiger partial charge in [0.15, 0.2) is 0 Å². The lowest BCUT2D eigenvalue weighted by atomic mass is 10.3. The van der Waals surface area contributed by atoms with E-state index in [4.69, 9.17) is 0 Å². The number of aromatic nitrogens is 1. The fraction of sp³-hybridized carbons (Fsp3) is 0.357. The SMILES string of the molecule is CCSC(=Nc1nc2ccc(NC(C)=O)cc2s1)SCC. The average molecular weight is 340 g/mol. The number of nitrogens with one attached hydrogen (secondary N) is 1. The van der Waals surface area contributed by atoms with Crippen LogP contribution in [0.15, 0.2) is 23.2 Å². The van der Waals surface area contributed by atoms with Gasteiger partial charge in [-0.2, -0.15) is 0 Å². The van der Waals surface area contributed by atoms with Gasteiger partial charge in [0.1, 0.15) is 4.38 Å². The summed E-state index contributed by atoms with van der Waals surface area (Å²) in [5, 5.41) is 3.55. The van der Waals surface area contributed by atoms with Gasteiger partial charge in [-0.3, -0.25) is 4.79 Å². The maximum absolute atomic E-state index is 11.1. The molecule has 0 aliphatic carbocycles. The normalized spacial score (nSPS) is 10.6. The number of amides is 1. The average Bonchev–Trinajstić information content (AvgIpc) is 2.80. The molecule has 7 heteroatoms. The fourth-order valence-corrected chi connectivity index (χ4v) is 4.51. The van der Waals surface area contributed by atoms with E-state index >= 15 is 0 Å². The molecule has 4 nitrogen and oxygen atoms in total. The molecule has 1 amide bonds. The van der Waals surface area contributed by atoms with Crippen LogP contribution >= 0.6 is 34.9 Å². The zero-order valence-corrected chi connectivity index (χ0v) is 14.6. The van der Waals surface area contributed by atoms with E-state index in [0.717, 1.165) is 36.9 Å².